The standard InChI is InChI=1S/C11H22N2O3/c1-5-8(6-12)10(14)13-9(7(2)3)11(15)16-4/h7-9H,5-6,12H2,1-4H3,(H,13,14)/t8?,9-/m0/s1. The molecule has 0 aliphatic carbocycles. The molecule has 1 unspecified atom stereocenters. The number of hydrogen-bond donors (Lipinski definition) is 2. The summed E-state index contributed by atoms with van der Waals surface area (Å²) in [6.07, 6.45) is 0.661. The maximum atomic E-state index is 11.7. The number of ether oxygens (including phenoxy) is 1. The van der Waals surface area contributed by atoms with E-state index < -0.39 is 12.0 Å². The van der Waals surface area contributed by atoms with E-state index in [-0.39, 0.29) is 24.3 Å². The van der Waals surface area contributed by atoms with Crippen LogP contribution in [0.25, 0.3) is 0 Å². The van der Waals surface area contributed by atoms with Crippen molar-refractivity contribution in [3.05, 3.63) is 0 Å². The van der Waals surface area contributed by atoms with Crippen molar-refractivity contribution in [3.63, 3.8) is 0 Å². The molecule has 0 rings (SSSR count). The quantitative estimate of drug-likeness (QED) is 0.642. The van der Waals surface area contributed by atoms with Gasteiger partial charge in [0.25, 0.3) is 0 Å². The average Bonchev–Trinajstić information content (AvgIpc) is 2.26. The number of nitrogens with one attached hydrogen (secondary N) is 1. The lowest BCUT2D eigenvalue weighted by Crippen LogP contribution is -2.48. The van der Waals surface area contributed by atoms with E-state index in [9.17, 15) is 9.59 Å². The number of rotatable bonds is 6. The zero-order valence-corrected chi connectivity index (χ0v) is 10.4. The Morgan fingerprint density at radius 3 is 2.25 bits per heavy atom. The SMILES string of the molecule is CCC(CN)C(=O)N[C@H](C(=O)OC)C(C)C. The van der Waals surface area contributed by atoms with Crippen LogP contribution in [0.3, 0.4) is 0 Å². The maximum Gasteiger partial charge on any atom is 0.328 e. The third-order valence-corrected chi connectivity index (χ3v) is 2.57. The molecule has 16 heavy (non-hydrogen) atoms. The Hall–Kier alpha value is -1.10. The summed E-state index contributed by atoms with van der Waals surface area (Å²) in [5.74, 6) is -0.859. The van der Waals surface area contributed by atoms with E-state index in [0.29, 0.717) is 6.42 Å². The Morgan fingerprint density at radius 2 is 1.94 bits per heavy atom. The van der Waals surface area contributed by atoms with Crippen molar-refractivity contribution in [1.29, 1.82) is 0 Å². The van der Waals surface area contributed by atoms with Gasteiger partial charge in [-0.25, -0.2) is 4.79 Å². The summed E-state index contributed by atoms with van der Waals surface area (Å²) in [6.45, 7) is 5.88. The highest BCUT2D eigenvalue weighted by atomic mass is 16.5. The predicted molar refractivity (Wildman–Crippen MR) is 61.6 cm³/mol. The molecule has 0 aromatic rings. The monoisotopic (exact) mass is 230 g/mol. The van der Waals surface area contributed by atoms with Crippen molar-refractivity contribution in [2.75, 3.05) is 13.7 Å². The highest BCUT2D eigenvalue weighted by Gasteiger charge is 2.27. The van der Waals surface area contributed by atoms with Gasteiger partial charge in [-0.2, -0.15) is 0 Å². The summed E-state index contributed by atoms with van der Waals surface area (Å²) in [5, 5.41) is 2.68. The summed E-state index contributed by atoms with van der Waals surface area (Å²) < 4.78 is 4.64. The Morgan fingerprint density at radius 1 is 1.38 bits per heavy atom. The normalized spacial score (nSPS) is 14.4. The molecule has 0 fully saturated rings. The number of methoxy groups -OCH3 is 1. The second-order valence-electron chi connectivity index (χ2n) is 4.09. The predicted octanol–water partition coefficient (Wildman–Crippen LogP) is 0.285. The number of esters is 1. The fraction of sp³-hybridized carbons (Fsp3) is 0.818. The molecule has 0 heterocycles. The molecule has 5 heteroatoms. The number of carbonyl (C=O) groups excluding carboxylic acids is 2. The largest absolute Gasteiger partial charge is 0.467 e. The molecule has 0 saturated carbocycles. The smallest absolute Gasteiger partial charge is 0.328 e. The van der Waals surface area contributed by atoms with Crippen LogP contribution in [-0.2, 0) is 14.3 Å². The molecule has 2 atom stereocenters. The van der Waals surface area contributed by atoms with Gasteiger partial charge in [0.1, 0.15) is 6.04 Å². The lowest BCUT2D eigenvalue weighted by atomic mass is 10.0. The lowest BCUT2D eigenvalue weighted by Gasteiger charge is -2.22. The van der Waals surface area contributed by atoms with Crippen LogP contribution in [0.15, 0.2) is 0 Å². The molecule has 0 bridgehead atoms. The number of hydrogen-bond acceptors (Lipinski definition) is 4. The Kier molecular flexibility index (Phi) is 6.72. The molecule has 0 aliphatic heterocycles. The zero-order chi connectivity index (χ0) is 12.7. The minimum absolute atomic E-state index is 0.00770. The van der Waals surface area contributed by atoms with E-state index in [1.807, 2.05) is 20.8 Å². The van der Waals surface area contributed by atoms with Crippen molar-refractivity contribution in [2.24, 2.45) is 17.6 Å². The second-order valence-corrected chi connectivity index (χ2v) is 4.09. The number of amides is 1. The van der Waals surface area contributed by atoms with Crippen LogP contribution < -0.4 is 11.1 Å². The second kappa shape index (κ2) is 7.22. The van der Waals surface area contributed by atoms with E-state index in [2.05, 4.69) is 10.1 Å². The fourth-order valence-corrected chi connectivity index (χ4v) is 1.35. The highest BCUT2D eigenvalue weighted by Crippen LogP contribution is 2.07. The molecule has 0 saturated heterocycles. The van der Waals surface area contributed by atoms with Gasteiger partial charge < -0.3 is 15.8 Å². The molecule has 94 valence electrons. The van der Waals surface area contributed by atoms with Gasteiger partial charge in [-0.05, 0) is 12.3 Å². The van der Waals surface area contributed by atoms with Crippen LogP contribution in [0, 0.1) is 11.8 Å². The van der Waals surface area contributed by atoms with Crippen LogP contribution in [0.5, 0.6) is 0 Å². The summed E-state index contributed by atoms with van der Waals surface area (Å²) in [4.78, 5) is 23.2. The van der Waals surface area contributed by atoms with E-state index in [1.165, 1.54) is 7.11 Å². The lowest BCUT2D eigenvalue weighted by molar-refractivity contribution is -0.146. The van der Waals surface area contributed by atoms with Crippen LogP contribution in [0.4, 0.5) is 0 Å². The first-order valence-electron chi connectivity index (χ1n) is 5.56. The topological polar surface area (TPSA) is 81.4 Å². The third kappa shape index (κ3) is 4.18. The van der Waals surface area contributed by atoms with Gasteiger partial charge in [0, 0.05) is 12.5 Å². The highest BCUT2D eigenvalue weighted by molar-refractivity contribution is 5.85. The number of nitrogens with two attached hydrogens (primary N) is 1. The van der Waals surface area contributed by atoms with Crippen LogP contribution in [0.2, 0.25) is 0 Å². The summed E-state index contributed by atoms with van der Waals surface area (Å²) in [5.41, 5.74) is 5.47. The summed E-state index contributed by atoms with van der Waals surface area (Å²) in [7, 11) is 1.31. The van der Waals surface area contributed by atoms with Gasteiger partial charge in [-0.3, -0.25) is 4.79 Å². The minimum Gasteiger partial charge on any atom is -0.467 e. The van der Waals surface area contributed by atoms with E-state index >= 15 is 0 Å². The van der Waals surface area contributed by atoms with Crippen molar-refractivity contribution >= 4 is 11.9 Å². The molecule has 0 aliphatic rings. The van der Waals surface area contributed by atoms with Crippen LogP contribution >= 0.6 is 0 Å². The van der Waals surface area contributed by atoms with E-state index in [4.69, 9.17) is 5.73 Å². The zero-order valence-electron chi connectivity index (χ0n) is 10.4. The van der Waals surface area contributed by atoms with Gasteiger partial charge in [-0.15, -0.1) is 0 Å². The molecule has 0 aromatic heterocycles. The van der Waals surface area contributed by atoms with Gasteiger partial charge in [0.05, 0.1) is 7.11 Å². The van der Waals surface area contributed by atoms with Crippen molar-refractivity contribution in [3.8, 4) is 0 Å². The molecule has 0 aromatic carbocycles. The molecular formula is C11H22N2O3. The molecule has 0 radical (unpaired) electrons. The third-order valence-electron chi connectivity index (χ3n) is 2.57. The average molecular weight is 230 g/mol. The molecule has 3 N–H and O–H groups in total. The van der Waals surface area contributed by atoms with Crippen molar-refractivity contribution in [2.45, 2.75) is 33.2 Å². The summed E-state index contributed by atoms with van der Waals surface area (Å²) in [6, 6.07) is -0.599. The molecule has 1 amide bonds. The first-order chi connectivity index (χ1) is 7.47. The number of carbonyl (C=O) groups is 2. The van der Waals surface area contributed by atoms with Gasteiger partial charge >= 0.3 is 5.97 Å². The Labute approximate surface area is 96.7 Å². The van der Waals surface area contributed by atoms with Crippen LogP contribution in [-0.4, -0.2) is 31.6 Å². The minimum atomic E-state index is -0.599. The fourth-order valence-electron chi connectivity index (χ4n) is 1.35. The Bertz CT molecular complexity index is 237. The van der Waals surface area contributed by atoms with E-state index in [0.717, 1.165) is 0 Å². The van der Waals surface area contributed by atoms with E-state index in [1.54, 1.807) is 0 Å². The van der Waals surface area contributed by atoms with Gasteiger partial charge in [0.2, 0.25) is 5.91 Å². The van der Waals surface area contributed by atoms with Gasteiger partial charge in [0.15, 0.2) is 0 Å². The van der Waals surface area contributed by atoms with Crippen LogP contribution in [0.1, 0.15) is 27.2 Å². The first-order valence-corrected chi connectivity index (χ1v) is 5.56. The molecule has 5 nitrogen and oxygen atoms in total. The van der Waals surface area contributed by atoms with Crippen molar-refractivity contribution < 1.29 is 14.3 Å². The Balaban J connectivity index is 4.51. The maximum absolute atomic E-state index is 11.7. The first kappa shape index (κ1) is 14.9. The molecular weight excluding hydrogens is 208 g/mol. The molecule has 0 spiro atoms. The summed E-state index contributed by atoms with van der Waals surface area (Å²) >= 11 is 0. The van der Waals surface area contributed by atoms with Crippen molar-refractivity contribution in [1.82, 2.24) is 5.32 Å². The van der Waals surface area contributed by atoms with Gasteiger partial charge in [-0.1, -0.05) is 20.8 Å².